The highest BCUT2D eigenvalue weighted by atomic mass is 16.5. The minimum atomic E-state index is -0.0582. The Balaban J connectivity index is 1.80. The molecule has 25 heavy (non-hydrogen) atoms. The highest BCUT2D eigenvalue weighted by Gasteiger charge is 2.06. The van der Waals surface area contributed by atoms with E-state index in [1.54, 1.807) is 14.2 Å². The average molecular weight is 344 g/mol. The van der Waals surface area contributed by atoms with E-state index in [1.807, 2.05) is 49.4 Å². The first kappa shape index (κ1) is 18.4. The fraction of sp³-hybridized carbons (Fsp3) is 0.316. The number of amides is 1. The molecular weight excluding hydrogens is 320 g/mol. The first-order valence-corrected chi connectivity index (χ1v) is 8.15. The Hall–Kier alpha value is -2.89. The van der Waals surface area contributed by atoms with Gasteiger partial charge in [0.05, 0.1) is 20.8 Å². The second kappa shape index (κ2) is 9.42. The van der Waals surface area contributed by atoms with Crippen molar-refractivity contribution >= 4 is 17.3 Å². The monoisotopic (exact) mass is 344 g/mol. The summed E-state index contributed by atoms with van der Waals surface area (Å²) in [5.41, 5.74) is 1.62. The summed E-state index contributed by atoms with van der Waals surface area (Å²) in [5, 5.41) is 6.06. The minimum Gasteiger partial charge on any atom is -0.494 e. The molecule has 2 N–H and O–H groups in total. The van der Waals surface area contributed by atoms with Crippen LogP contribution < -0.4 is 24.8 Å². The fourth-order valence-electron chi connectivity index (χ4n) is 2.29. The van der Waals surface area contributed by atoms with Gasteiger partial charge in [0, 0.05) is 30.4 Å². The average Bonchev–Trinajstić information content (AvgIpc) is 2.63. The predicted octanol–water partition coefficient (Wildman–Crippen LogP) is 3.54. The van der Waals surface area contributed by atoms with Gasteiger partial charge in [0.15, 0.2) is 11.5 Å². The zero-order chi connectivity index (χ0) is 18.1. The molecule has 6 nitrogen and oxygen atoms in total. The van der Waals surface area contributed by atoms with Gasteiger partial charge in [-0.15, -0.1) is 0 Å². The number of methoxy groups -OCH3 is 2. The molecule has 0 aromatic heterocycles. The van der Waals surface area contributed by atoms with Crippen molar-refractivity contribution in [2.45, 2.75) is 13.3 Å². The number of ether oxygens (including phenoxy) is 3. The number of hydrogen-bond donors (Lipinski definition) is 2. The zero-order valence-electron chi connectivity index (χ0n) is 14.8. The van der Waals surface area contributed by atoms with Gasteiger partial charge in [-0.3, -0.25) is 4.79 Å². The third-order valence-corrected chi connectivity index (χ3v) is 3.51. The maximum atomic E-state index is 12.0. The molecule has 0 unspecified atom stereocenters. The Bertz CT molecular complexity index is 686. The van der Waals surface area contributed by atoms with Crippen LogP contribution in [0.5, 0.6) is 17.2 Å². The van der Waals surface area contributed by atoms with Crippen molar-refractivity contribution in [2.24, 2.45) is 0 Å². The minimum absolute atomic E-state index is 0.0582. The van der Waals surface area contributed by atoms with Crippen molar-refractivity contribution in [1.82, 2.24) is 0 Å². The summed E-state index contributed by atoms with van der Waals surface area (Å²) in [6.45, 7) is 3.06. The van der Waals surface area contributed by atoms with Gasteiger partial charge < -0.3 is 24.8 Å². The molecule has 0 heterocycles. The van der Waals surface area contributed by atoms with Crippen LogP contribution in [0.3, 0.4) is 0 Å². The molecule has 0 radical (unpaired) electrons. The molecule has 6 heteroatoms. The molecule has 2 aromatic rings. The van der Waals surface area contributed by atoms with Crippen LogP contribution in [0, 0.1) is 0 Å². The summed E-state index contributed by atoms with van der Waals surface area (Å²) in [6, 6.07) is 12.9. The second-order valence-electron chi connectivity index (χ2n) is 5.25. The SMILES string of the molecule is CCOc1ccc(NC(=O)CCNc2ccc(OC)c(OC)c2)cc1. The van der Waals surface area contributed by atoms with Gasteiger partial charge in [-0.05, 0) is 43.3 Å². The van der Waals surface area contributed by atoms with Crippen molar-refractivity contribution in [3.05, 3.63) is 42.5 Å². The van der Waals surface area contributed by atoms with Crippen molar-refractivity contribution in [3.8, 4) is 17.2 Å². The fourth-order valence-corrected chi connectivity index (χ4v) is 2.29. The number of rotatable bonds is 9. The lowest BCUT2D eigenvalue weighted by Crippen LogP contribution is -2.16. The highest BCUT2D eigenvalue weighted by Crippen LogP contribution is 2.29. The number of carbonyl (C=O) groups excluding carboxylic acids is 1. The van der Waals surface area contributed by atoms with Gasteiger partial charge in [-0.1, -0.05) is 0 Å². The maximum Gasteiger partial charge on any atom is 0.226 e. The highest BCUT2D eigenvalue weighted by molar-refractivity contribution is 5.91. The van der Waals surface area contributed by atoms with E-state index in [4.69, 9.17) is 14.2 Å². The topological polar surface area (TPSA) is 68.8 Å². The van der Waals surface area contributed by atoms with Crippen LogP contribution in [-0.4, -0.2) is 33.3 Å². The van der Waals surface area contributed by atoms with Gasteiger partial charge >= 0.3 is 0 Å². The Morgan fingerprint density at radius 1 is 0.960 bits per heavy atom. The van der Waals surface area contributed by atoms with E-state index in [0.29, 0.717) is 31.1 Å². The molecule has 0 saturated carbocycles. The summed E-state index contributed by atoms with van der Waals surface area (Å²) < 4.78 is 15.8. The van der Waals surface area contributed by atoms with Crippen LogP contribution in [0.4, 0.5) is 11.4 Å². The smallest absolute Gasteiger partial charge is 0.226 e. The predicted molar refractivity (Wildman–Crippen MR) is 98.9 cm³/mol. The lowest BCUT2D eigenvalue weighted by atomic mass is 10.2. The maximum absolute atomic E-state index is 12.0. The molecule has 0 aliphatic rings. The largest absolute Gasteiger partial charge is 0.494 e. The Kier molecular flexibility index (Phi) is 6.95. The molecule has 0 atom stereocenters. The molecular formula is C19H24N2O4. The molecule has 1 amide bonds. The summed E-state index contributed by atoms with van der Waals surface area (Å²) in [7, 11) is 3.18. The molecule has 0 spiro atoms. The molecule has 0 fully saturated rings. The zero-order valence-corrected chi connectivity index (χ0v) is 14.8. The quantitative estimate of drug-likeness (QED) is 0.728. The molecule has 2 aromatic carbocycles. The first-order valence-electron chi connectivity index (χ1n) is 8.15. The summed E-state index contributed by atoms with van der Waals surface area (Å²) in [6.07, 6.45) is 0.349. The summed E-state index contributed by atoms with van der Waals surface area (Å²) in [5.74, 6) is 2.04. The number of nitrogens with one attached hydrogen (secondary N) is 2. The summed E-state index contributed by atoms with van der Waals surface area (Å²) in [4.78, 5) is 12.0. The molecule has 2 rings (SSSR count). The van der Waals surface area contributed by atoms with Crippen molar-refractivity contribution in [1.29, 1.82) is 0 Å². The lowest BCUT2D eigenvalue weighted by molar-refractivity contribution is -0.115. The van der Waals surface area contributed by atoms with Gasteiger partial charge in [0.25, 0.3) is 0 Å². The number of anilines is 2. The van der Waals surface area contributed by atoms with Crippen LogP contribution in [0.2, 0.25) is 0 Å². The van der Waals surface area contributed by atoms with Crippen molar-refractivity contribution < 1.29 is 19.0 Å². The number of hydrogen-bond acceptors (Lipinski definition) is 5. The van der Waals surface area contributed by atoms with Crippen LogP contribution in [0.25, 0.3) is 0 Å². The lowest BCUT2D eigenvalue weighted by Gasteiger charge is -2.11. The van der Waals surface area contributed by atoms with Crippen LogP contribution in [-0.2, 0) is 4.79 Å². The Morgan fingerprint density at radius 3 is 2.28 bits per heavy atom. The van der Waals surface area contributed by atoms with Crippen molar-refractivity contribution in [2.75, 3.05) is 38.0 Å². The number of carbonyl (C=O) groups is 1. The molecule has 134 valence electrons. The molecule has 0 saturated heterocycles. The Morgan fingerprint density at radius 2 is 1.64 bits per heavy atom. The van der Waals surface area contributed by atoms with E-state index in [-0.39, 0.29) is 5.91 Å². The van der Waals surface area contributed by atoms with Gasteiger partial charge in [-0.2, -0.15) is 0 Å². The number of benzene rings is 2. The van der Waals surface area contributed by atoms with Crippen LogP contribution in [0.15, 0.2) is 42.5 Å². The molecule has 0 bridgehead atoms. The van der Waals surface area contributed by atoms with Crippen molar-refractivity contribution in [3.63, 3.8) is 0 Å². The Labute approximate surface area is 148 Å². The van der Waals surface area contributed by atoms with Gasteiger partial charge in [-0.25, -0.2) is 0 Å². The van der Waals surface area contributed by atoms with E-state index in [2.05, 4.69) is 10.6 Å². The second-order valence-corrected chi connectivity index (χ2v) is 5.25. The van der Waals surface area contributed by atoms with Crippen LogP contribution in [0.1, 0.15) is 13.3 Å². The van der Waals surface area contributed by atoms with E-state index < -0.39 is 0 Å². The van der Waals surface area contributed by atoms with Gasteiger partial charge in [0.1, 0.15) is 5.75 Å². The third-order valence-electron chi connectivity index (χ3n) is 3.51. The van der Waals surface area contributed by atoms with E-state index in [1.165, 1.54) is 0 Å². The third kappa shape index (κ3) is 5.60. The van der Waals surface area contributed by atoms with Crippen LogP contribution >= 0.6 is 0 Å². The standard InChI is InChI=1S/C19H24N2O4/c1-4-25-16-8-5-14(6-9-16)21-19(22)11-12-20-15-7-10-17(23-2)18(13-15)24-3/h5-10,13,20H,4,11-12H2,1-3H3,(H,21,22). The first-order chi connectivity index (χ1) is 12.2. The summed E-state index contributed by atoms with van der Waals surface area (Å²) >= 11 is 0. The molecule has 0 aliphatic heterocycles. The molecule has 0 aliphatic carbocycles. The van der Waals surface area contributed by atoms with Gasteiger partial charge in [0.2, 0.25) is 5.91 Å². The van der Waals surface area contributed by atoms with E-state index >= 15 is 0 Å². The van der Waals surface area contributed by atoms with E-state index in [9.17, 15) is 4.79 Å². The van der Waals surface area contributed by atoms with E-state index in [0.717, 1.165) is 17.1 Å². The normalized spacial score (nSPS) is 10.0.